The Kier molecular flexibility index (Phi) is 6.63. The van der Waals surface area contributed by atoms with Gasteiger partial charge in [-0.25, -0.2) is 4.79 Å². The number of aryl methyl sites for hydroxylation is 1. The average Bonchev–Trinajstić information content (AvgIpc) is 2.74. The lowest BCUT2D eigenvalue weighted by Gasteiger charge is -2.36. The number of piperazine rings is 1. The molecule has 1 saturated heterocycles. The minimum atomic E-state index is -0.00115. The number of rotatable bonds is 6. The molecule has 0 aromatic heterocycles. The van der Waals surface area contributed by atoms with Crippen molar-refractivity contribution in [2.75, 3.05) is 51.8 Å². The van der Waals surface area contributed by atoms with Crippen LogP contribution in [0.4, 0.5) is 10.5 Å². The van der Waals surface area contributed by atoms with E-state index in [0.717, 1.165) is 42.3 Å². The molecule has 0 saturated carbocycles. The third-order valence-corrected chi connectivity index (χ3v) is 5.07. The molecule has 28 heavy (non-hydrogen) atoms. The summed E-state index contributed by atoms with van der Waals surface area (Å²) < 4.78 is 10.7. The second-order valence-corrected chi connectivity index (χ2v) is 6.98. The predicted molar refractivity (Wildman–Crippen MR) is 112 cm³/mol. The van der Waals surface area contributed by atoms with Crippen LogP contribution in [0.5, 0.6) is 11.5 Å². The van der Waals surface area contributed by atoms with Gasteiger partial charge in [0.1, 0.15) is 11.5 Å². The van der Waals surface area contributed by atoms with E-state index >= 15 is 0 Å². The molecule has 150 valence electrons. The van der Waals surface area contributed by atoms with Gasteiger partial charge in [0.2, 0.25) is 0 Å². The zero-order chi connectivity index (χ0) is 19.9. The molecule has 0 bridgehead atoms. The molecule has 3 rings (SSSR count). The Morgan fingerprint density at radius 2 is 1.82 bits per heavy atom. The normalized spacial score (nSPS) is 14.0. The molecule has 1 aliphatic heterocycles. The highest BCUT2D eigenvalue weighted by atomic mass is 16.5. The Balaban J connectivity index is 1.48. The highest BCUT2D eigenvalue weighted by molar-refractivity contribution is 5.74. The third-order valence-electron chi connectivity index (χ3n) is 5.07. The Labute approximate surface area is 167 Å². The summed E-state index contributed by atoms with van der Waals surface area (Å²) in [6, 6.07) is 14.1. The Bertz CT molecular complexity index is 801. The number of nitrogens with one attached hydrogen (secondary N) is 1. The lowest BCUT2D eigenvalue weighted by Crippen LogP contribution is -2.52. The van der Waals surface area contributed by atoms with Gasteiger partial charge in [0.05, 0.1) is 19.9 Å². The van der Waals surface area contributed by atoms with Crippen molar-refractivity contribution in [1.29, 1.82) is 0 Å². The smallest absolute Gasteiger partial charge is 0.317 e. The number of benzene rings is 2. The third kappa shape index (κ3) is 4.88. The van der Waals surface area contributed by atoms with E-state index in [-0.39, 0.29) is 6.03 Å². The van der Waals surface area contributed by atoms with E-state index in [2.05, 4.69) is 23.2 Å². The number of hydrogen-bond donors (Lipinski definition) is 1. The number of hydrogen-bond acceptors (Lipinski definition) is 4. The summed E-state index contributed by atoms with van der Waals surface area (Å²) in [5.41, 5.74) is 3.45. The SMILES string of the molecule is COc1cccc(CCNC(=O)N2CCN(c3cc(C)ccc3OC)CC2)c1. The maximum Gasteiger partial charge on any atom is 0.317 e. The van der Waals surface area contributed by atoms with Crippen molar-refractivity contribution in [2.45, 2.75) is 13.3 Å². The first-order valence-electron chi connectivity index (χ1n) is 9.66. The summed E-state index contributed by atoms with van der Waals surface area (Å²) in [5.74, 6) is 1.72. The fourth-order valence-electron chi connectivity index (χ4n) is 3.45. The van der Waals surface area contributed by atoms with Crippen LogP contribution in [0.15, 0.2) is 42.5 Å². The summed E-state index contributed by atoms with van der Waals surface area (Å²) >= 11 is 0. The standard InChI is InChI=1S/C22H29N3O3/c1-17-7-8-21(28-3)20(15-17)24-11-13-25(14-12-24)22(26)23-10-9-18-5-4-6-19(16-18)27-2/h4-8,15-16H,9-14H2,1-3H3,(H,23,26). The average molecular weight is 383 g/mol. The molecule has 1 aliphatic rings. The van der Waals surface area contributed by atoms with Gasteiger partial charge in [-0.15, -0.1) is 0 Å². The second kappa shape index (κ2) is 9.35. The summed E-state index contributed by atoms with van der Waals surface area (Å²) in [5, 5.41) is 3.03. The monoisotopic (exact) mass is 383 g/mol. The van der Waals surface area contributed by atoms with Crippen molar-refractivity contribution >= 4 is 11.7 Å². The topological polar surface area (TPSA) is 54.0 Å². The number of anilines is 1. The van der Waals surface area contributed by atoms with Crippen LogP contribution in [-0.2, 0) is 6.42 Å². The minimum Gasteiger partial charge on any atom is -0.497 e. The number of carbonyl (C=O) groups excluding carboxylic acids is 1. The molecule has 0 spiro atoms. The molecule has 0 atom stereocenters. The fourth-order valence-corrected chi connectivity index (χ4v) is 3.45. The Morgan fingerprint density at radius 3 is 2.54 bits per heavy atom. The molecule has 0 aliphatic carbocycles. The van der Waals surface area contributed by atoms with Crippen LogP contribution in [0.25, 0.3) is 0 Å². The second-order valence-electron chi connectivity index (χ2n) is 6.98. The number of amides is 2. The number of nitrogens with zero attached hydrogens (tertiary/aromatic N) is 2. The predicted octanol–water partition coefficient (Wildman–Crippen LogP) is 3.09. The molecule has 6 nitrogen and oxygen atoms in total. The van der Waals surface area contributed by atoms with Crippen LogP contribution in [-0.4, -0.2) is 57.9 Å². The number of carbonyl (C=O) groups is 1. The molecule has 2 aromatic rings. The van der Waals surface area contributed by atoms with Gasteiger partial charge < -0.3 is 24.6 Å². The van der Waals surface area contributed by atoms with Gasteiger partial charge in [-0.05, 0) is 48.7 Å². The molecule has 6 heteroatoms. The van der Waals surface area contributed by atoms with E-state index in [1.807, 2.05) is 41.3 Å². The molecular weight excluding hydrogens is 354 g/mol. The first-order chi connectivity index (χ1) is 13.6. The lowest BCUT2D eigenvalue weighted by molar-refractivity contribution is 0.194. The zero-order valence-corrected chi connectivity index (χ0v) is 16.9. The van der Waals surface area contributed by atoms with Crippen LogP contribution < -0.4 is 19.7 Å². The van der Waals surface area contributed by atoms with Crippen molar-refractivity contribution < 1.29 is 14.3 Å². The highest BCUT2D eigenvalue weighted by Gasteiger charge is 2.22. The van der Waals surface area contributed by atoms with Crippen molar-refractivity contribution in [2.24, 2.45) is 0 Å². The maximum absolute atomic E-state index is 12.5. The van der Waals surface area contributed by atoms with E-state index in [0.29, 0.717) is 19.6 Å². The highest BCUT2D eigenvalue weighted by Crippen LogP contribution is 2.30. The molecule has 1 fully saturated rings. The van der Waals surface area contributed by atoms with Crippen molar-refractivity contribution in [3.8, 4) is 11.5 Å². The van der Waals surface area contributed by atoms with Crippen LogP contribution in [0.3, 0.4) is 0 Å². The Morgan fingerprint density at radius 1 is 1.04 bits per heavy atom. The lowest BCUT2D eigenvalue weighted by atomic mass is 10.1. The first-order valence-corrected chi connectivity index (χ1v) is 9.66. The summed E-state index contributed by atoms with van der Waals surface area (Å²) in [6.07, 6.45) is 0.781. The van der Waals surface area contributed by atoms with Gasteiger partial charge >= 0.3 is 6.03 Å². The van der Waals surface area contributed by atoms with E-state index in [9.17, 15) is 4.79 Å². The van der Waals surface area contributed by atoms with Gasteiger partial charge in [0.25, 0.3) is 0 Å². The van der Waals surface area contributed by atoms with Crippen molar-refractivity contribution in [3.63, 3.8) is 0 Å². The molecular formula is C22H29N3O3. The van der Waals surface area contributed by atoms with Gasteiger partial charge in [-0.3, -0.25) is 0 Å². The van der Waals surface area contributed by atoms with Crippen LogP contribution in [0.1, 0.15) is 11.1 Å². The fraction of sp³-hybridized carbons (Fsp3) is 0.409. The molecule has 0 unspecified atom stereocenters. The van der Waals surface area contributed by atoms with Crippen LogP contribution in [0, 0.1) is 6.92 Å². The van der Waals surface area contributed by atoms with E-state index < -0.39 is 0 Å². The quantitative estimate of drug-likeness (QED) is 0.833. The summed E-state index contributed by atoms with van der Waals surface area (Å²) in [7, 11) is 3.35. The number of urea groups is 1. The van der Waals surface area contributed by atoms with Crippen LogP contribution >= 0.6 is 0 Å². The molecule has 0 radical (unpaired) electrons. The van der Waals surface area contributed by atoms with Gasteiger partial charge in [0.15, 0.2) is 0 Å². The van der Waals surface area contributed by atoms with E-state index in [1.54, 1.807) is 14.2 Å². The largest absolute Gasteiger partial charge is 0.497 e. The minimum absolute atomic E-state index is 0.00115. The first kappa shape index (κ1) is 19.9. The molecule has 2 aromatic carbocycles. The number of methoxy groups -OCH3 is 2. The zero-order valence-electron chi connectivity index (χ0n) is 16.9. The maximum atomic E-state index is 12.5. The molecule has 1 N–H and O–H groups in total. The van der Waals surface area contributed by atoms with E-state index in [1.165, 1.54) is 5.56 Å². The number of ether oxygens (including phenoxy) is 2. The summed E-state index contributed by atoms with van der Waals surface area (Å²) in [6.45, 7) is 5.67. The van der Waals surface area contributed by atoms with E-state index in [4.69, 9.17) is 9.47 Å². The summed E-state index contributed by atoms with van der Waals surface area (Å²) in [4.78, 5) is 16.6. The van der Waals surface area contributed by atoms with Crippen molar-refractivity contribution in [3.05, 3.63) is 53.6 Å². The van der Waals surface area contributed by atoms with Gasteiger partial charge in [-0.1, -0.05) is 18.2 Å². The Hall–Kier alpha value is -2.89. The molecule has 2 amide bonds. The van der Waals surface area contributed by atoms with Crippen LogP contribution in [0.2, 0.25) is 0 Å². The van der Waals surface area contributed by atoms with Crippen molar-refractivity contribution in [1.82, 2.24) is 10.2 Å². The molecule has 1 heterocycles. The van der Waals surface area contributed by atoms with Gasteiger partial charge in [-0.2, -0.15) is 0 Å². The van der Waals surface area contributed by atoms with Gasteiger partial charge in [0, 0.05) is 32.7 Å².